The molecule has 25 heavy (non-hydrogen) atoms. The van der Waals surface area contributed by atoms with Crippen molar-refractivity contribution in [2.75, 3.05) is 5.73 Å². The summed E-state index contributed by atoms with van der Waals surface area (Å²) in [4.78, 5) is 25.1. The number of carbonyl (C=O) groups excluding carboxylic acids is 2. The number of anilines is 1. The minimum atomic E-state index is -0.439. The first-order valence-electron chi connectivity index (χ1n) is 7.60. The van der Waals surface area contributed by atoms with Crippen molar-refractivity contribution in [1.29, 1.82) is 0 Å². The summed E-state index contributed by atoms with van der Waals surface area (Å²) in [6.07, 6.45) is 0. The average molecular weight is 350 g/mol. The number of fused-ring (bicyclic) bond motifs is 2. The summed E-state index contributed by atoms with van der Waals surface area (Å²) in [5, 5.41) is 1.61. The molecule has 0 bridgehead atoms. The molecule has 4 nitrogen and oxygen atoms in total. The quantitative estimate of drug-likeness (QED) is 0.699. The molecule has 122 valence electrons. The number of allylic oxidation sites excluding steroid dienone is 2. The highest BCUT2D eigenvalue weighted by Gasteiger charge is 2.33. The first kappa shape index (κ1) is 15.4. The number of rotatable bonds is 2. The van der Waals surface area contributed by atoms with Crippen LogP contribution in [0.5, 0.6) is 5.75 Å². The van der Waals surface area contributed by atoms with Gasteiger partial charge in [0, 0.05) is 11.1 Å². The van der Waals surface area contributed by atoms with Crippen LogP contribution in [0.3, 0.4) is 0 Å². The molecular formula is C20H12ClNO3. The Kier molecular flexibility index (Phi) is 3.55. The first-order valence-corrected chi connectivity index (χ1v) is 7.98. The zero-order chi connectivity index (χ0) is 17.6. The van der Waals surface area contributed by atoms with Gasteiger partial charge in [-0.2, -0.15) is 0 Å². The van der Waals surface area contributed by atoms with E-state index < -0.39 is 11.6 Å². The zero-order valence-corrected chi connectivity index (χ0v) is 13.7. The van der Waals surface area contributed by atoms with Crippen molar-refractivity contribution in [3.63, 3.8) is 0 Å². The average Bonchev–Trinajstić information content (AvgIpc) is 2.63. The van der Waals surface area contributed by atoms with Crippen molar-refractivity contribution in [2.45, 2.75) is 0 Å². The van der Waals surface area contributed by atoms with Crippen LogP contribution in [0.2, 0.25) is 0 Å². The fraction of sp³-hybridized carbons (Fsp3) is 0. The number of hydrogen-bond donors (Lipinski definition) is 1. The molecule has 0 radical (unpaired) electrons. The smallest absolute Gasteiger partial charge is 0.230 e. The first-order chi connectivity index (χ1) is 12.1. The molecule has 0 saturated heterocycles. The van der Waals surface area contributed by atoms with Gasteiger partial charge in [-0.1, -0.05) is 60.1 Å². The molecule has 0 amide bonds. The van der Waals surface area contributed by atoms with Gasteiger partial charge in [-0.3, -0.25) is 9.59 Å². The van der Waals surface area contributed by atoms with Crippen LogP contribution >= 0.6 is 11.6 Å². The molecule has 2 N–H and O–H groups in total. The van der Waals surface area contributed by atoms with Crippen LogP contribution in [0.1, 0.15) is 20.7 Å². The van der Waals surface area contributed by atoms with Crippen LogP contribution < -0.4 is 10.5 Å². The molecule has 0 aliphatic heterocycles. The predicted molar refractivity (Wildman–Crippen MR) is 97.0 cm³/mol. The van der Waals surface area contributed by atoms with Crippen LogP contribution in [0.25, 0.3) is 10.8 Å². The molecule has 0 heterocycles. The number of ketones is 2. The van der Waals surface area contributed by atoms with E-state index in [9.17, 15) is 9.59 Å². The molecule has 0 fully saturated rings. The van der Waals surface area contributed by atoms with E-state index in [1.54, 1.807) is 36.4 Å². The molecule has 4 rings (SSSR count). The Hall–Kier alpha value is -3.11. The number of halogens is 1. The van der Waals surface area contributed by atoms with Crippen LogP contribution in [0, 0.1) is 0 Å². The van der Waals surface area contributed by atoms with Crippen LogP contribution in [0.4, 0.5) is 5.69 Å². The van der Waals surface area contributed by atoms with Gasteiger partial charge >= 0.3 is 0 Å². The highest BCUT2D eigenvalue weighted by Crippen LogP contribution is 2.34. The van der Waals surface area contributed by atoms with Crippen molar-refractivity contribution in [3.05, 3.63) is 82.6 Å². The lowest BCUT2D eigenvalue weighted by molar-refractivity contribution is 0.0943. The van der Waals surface area contributed by atoms with Crippen molar-refractivity contribution < 1.29 is 14.3 Å². The van der Waals surface area contributed by atoms with Gasteiger partial charge in [0.2, 0.25) is 11.6 Å². The van der Waals surface area contributed by atoms with E-state index in [1.165, 1.54) is 0 Å². The van der Waals surface area contributed by atoms with Gasteiger partial charge in [0.1, 0.15) is 5.03 Å². The summed E-state index contributed by atoms with van der Waals surface area (Å²) in [6.45, 7) is 0. The lowest BCUT2D eigenvalue weighted by Gasteiger charge is -2.18. The third-order valence-electron chi connectivity index (χ3n) is 4.11. The van der Waals surface area contributed by atoms with Gasteiger partial charge in [0.25, 0.3) is 0 Å². The van der Waals surface area contributed by atoms with E-state index in [-0.39, 0.29) is 27.7 Å². The Bertz CT molecular complexity index is 1090. The maximum absolute atomic E-state index is 12.7. The van der Waals surface area contributed by atoms with Gasteiger partial charge in [0.15, 0.2) is 11.5 Å². The van der Waals surface area contributed by atoms with E-state index in [1.807, 2.05) is 24.3 Å². The van der Waals surface area contributed by atoms with E-state index in [0.717, 1.165) is 10.8 Å². The van der Waals surface area contributed by atoms with E-state index >= 15 is 0 Å². The van der Waals surface area contributed by atoms with E-state index in [4.69, 9.17) is 22.1 Å². The standard InChI is InChI=1S/C20H12ClNO3/c21-17-18(23)13-7-3-4-8-14(13)19(24)20(17)25-16-10-12-6-2-1-5-11(12)9-15(16)22/h1-10H,22H2. The van der Waals surface area contributed by atoms with Crippen LogP contribution in [-0.4, -0.2) is 11.6 Å². The molecule has 0 unspecified atom stereocenters. The topological polar surface area (TPSA) is 69.4 Å². The third kappa shape index (κ3) is 2.47. The molecule has 0 saturated carbocycles. The minimum absolute atomic E-state index is 0.202. The van der Waals surface area contributed by atoms with E-state index in [0.29, 0.717) is 5.69 Å². The Labute approximate surface area is 148 Å². The molecular weight excluding hydrogens is 338 g/mol. The predicted octanol–water partition coefficient (Wildman–Crippen LogP) is 4.33. The summed E-state index contributed by atoms with van der Waals surface area (Å²) >= 11 is 6.12. The number of Topliss-reactive ketones (excluding diaryl/α,β-unsaturated/α-hetero) is 2. The summed E-state index contributed by atoms with van der Waals surface area (Å²) in [7, 11) is 0. The zero-order valence-electron chi connectivity index (χ0n) is 13.0. The molecule has 0 aromatic heterocycles. The summed E-state index contributed by atoms with van der Waals surface area (Å²) in [5.74, 6) is -0.793. The maximum atomic E-state index is 12.7. The van der Waals surface area contributed by atoms with Crippen molar-refractivity contribution in [1.82, 2.24) is 0 Å². The summed E-state index contributed by atoms with van der Waals surface area (Å²) in [6, 6.07) is 17.6. The lowest BCUT2D eigenvalue weighted by Crippen LogP contribution is -2.23. The Morgan fingerprint density at radius 3 is 2.04 bits per heavy atom. The second-order valence-corrected chi connectivity index (χ2v) is 6.06. The number of nitrogens with two attached hydrogens (primary N) is 1. The largest absolute Gasteiger partial charge is 0.449 e. The van der Waals surface area contributed by atoms with Gasteiger partial charge in [-0.05, 0) is 22.9 Å². The molecule has 0 spiro atoms. The Balaban J connectivity index is 1.81. The monoisotopic (exact) mass is 349 g/mol. The molecule has 5 heteroatoms. The summed E-state index contributed by atoms with van der Waals surface area (Å²) < 4.78 is 5.70. The number of hydrogen-bond acceptors (Lipinski definition) is 4. The van der Waals surface area contributed by atoms with Gasteiger partial charge in [0.05, 0.1) is 5.69 Å². The molecule has 3 aromatic carbocycles. The lowest BCUT2D eigenvalue weighted by atomic mass is 9.93. The van der Waals surface area contributed by atoms with Crippen LogP contribution in [-0.2, 0) is 0 Å². The second-order valence-electron chi connectivity index (χ2n) is 5.69. The van der Waals surface area contributed by atoms with Gasteiger partial charge in [-0.25, -0.2) is 0 Å². The highest BCUT2D eigenvalue weighted by molar-refractivity contribution is 6.49. The third-order valence-corrected chi connectivity index (χ3v) is 4.45. The van der Waals surface area contributed by atoms with Crippen molar-refractivity contribution in [3.8, 4) is 5.75 Å². The highest BCUT2D eigenvalue weighted by atomic mass is 35.5. The van der Waals surface area contributed by atoms with Gasteiger partial charge in [-0.15, -0.1) is 0 Å². The number of benzene rings is 3. The molecule has 1 aliphatic carbocycles. The number of carbonyl (C=O) groups is 2. The fourth-order valence-corrected chi connectivity index (χ4v) is 3.08. The van der Waals surface area contributed by atoms with Gasteiger partial charge < -0.3 is 10.5 Å². The van der Waals surface area contributed by atoms with Crippen molar-refractivity contribution >= 4 is 39.6 Å². The Morgan fingerprint density at radius 2 is 1.36 bits per heavy atom. The minimum Gasteiger partial charge on any atom is -0.449 e. The number of nitrogen functional groups attached to an aromatic ring is 1. The number of ether oxygens (including phenoxy) is 1. The SMILES string of the molecule is Nc1cc2ccccc2cc1OC1=C(Cl)C(=O)c2ccccc2C1=O. The van der Waals surface area contributed by atoms with Crippen LogP contribution in [0.15, 0.2) is 71.5 Å². The maximum Gasteiger partial charge on any atom is 0.230 e. The second kappa shape index (κ2) is 5.76. The summed E-state index contributed by atoms with van der Waals surface area (Å²) in [5.41, 5.74) is 6.94. The molecule has 3 aromatic rings. The fourth-order valence-electron chi connectivity index (χ4n) is 2.85. The van der Waals surface area contributed by atoms with E-state index in [2.05, 4.69) is 0 Å². The Morgan fingerprint density at radius 1 is 0.800 bits per heavy atom. The molecule has 0 atom stereocenters. The molecule has 1 aliphatic rings. The normalized spacial score (nSPS) is 14.0. The van der Waals surface area contributed by atoms with Crippen molar-refractivity contribution in [2.24, 2.45) is 0 Å².